The van der Waals surface area contributed by atoms with E-state index in [9.17, 15) is 13.6 Å². The van der Waals surface area contributed by atoms with Crippen LogP contribution in [-0.4, -0.2) is 59.5 Å². The van der Waals surface area contributed by atoms with Gasteiger partial charge < -0.3 is 23.7 Å². The molecule has 1 aromatic heterocycles. The van der Waals surface area contributed by atoms with E-state index in [1.807, 2.05) is 6.92 Å². The van der Waals surface area contributed by atoms with Crippen LogP contribution in [0.3, 0.4) is 0 Å². The normalized spacial score (nSPS) is 14.5. The van der Waals surface area contributed by atoms with Gasteiger partial charge in [0.15, 0.2) is 17.5 Å². The number of aliphatic imine (C=N–C) groups is 1. The minimum Gasteiger partial charge on any atom is -0.444 e. The van der Waals surface area contributed by atoms with Gasteiger partial charge in [-0.1, -0.05) is 20.3 Å². The summed E-state index contributed by atoms with van der Waals surface area (Å²) in [4.78, 5) is 22.0. The van der Waals surface area contributed by atoms with Crippen LogP contribution in [0.5, 0.6) is 0 Å². The molecule has 0 radical (unpaired) electrons. The first kappa shape index (κ1) is 23.4. The Labute approximate surface area is 184 Å². The van der Waals surface area contributed by atoms with Crippen LogP contribution in [-0.2, 0) is 20.8 Å². The third-order valence-corrected chi connectivity index (χ3v) is 4.95. The molecule has 1 aliphatic rings. The van der Waals surface area contributed by atoms with Crippen LogP contribution in [0.1, 0.15) is 38.7 Å². The van der Waals surface area contributed by atoms with E-state index in [4.69, 9.17) is 19.5 Å². The number of carbonyl (C=O) groups excluding carboxylic acids is 1. The van der Waals surface area contributed by atoms with Crippen LogP contribution in [0.4, 0.5) is 19.5 Å². The molecule has 32 heavy (non-hydrogen) atoms. The average Bonchev–Trinajstić information content (AvgIpc) is 3.18. The number of aryl methyl sites for hydroxylation is 1. The standard InChI is InChI=1S/C21H25F2N5O4/c1-3-5-6-28-19-17(23)14(12-24)11-15(22)18(19)26-20(28)25-16(4-2)31-13-32-21(29)27-7-9-30-10-8-27/h11H,3-10,13H2,1-2H3/b25-16-. The Morgan fingerprint density at radius 3 is 2.72 bits per heavy atom. The number of fused-ring (bicyclic) bond motifs is 1. The summed E-state index contributed by atoms with van der Waals surface area (Å²) in [5.74, 6) is -1.40. The van der Waals surface area contributed by atoms with Gasteiger partial charge in [-0.2, -0.15) is 10.3 Å². The molecule has 0 atom stereocenters. The Morgan fingerprint density at radius 1 is 1.31 bits per heavy atom. The van der Waals surface area contributed by atoms with Crippen LogP contribution >= 0.6 is 0 Å². The number of unbranched alkanes of at least 4 members (excludes halogenated alkanes) is 1. The van der Waals surface area contributed by atoms with E-state index in [-0.39, 0.29) is 29.7 Å². The molecule has 3 rings (SSSR count). The molecule has 172 valence electrons. The molecule has 9 nitrogen and oxygen atoms in total. The molecule has 0 saturated carbocycles. The third kappa shape index (κ3) is 5.13. The third-order valence-electron chi connectivity index (χ3n) is 4.95. The monoisotopic (exact) mass is 449 g/mol. The van der Waals surface area contributed by atoms with E-state index in [1.54, 1.807) is 13.0 Å². The molecule has 2 heterocycles. The quantitative estimate of drug-likeness (QED) is 0.361. The summed E-state index contributed by atoms with van der Waals surface area (Å²) in [5, 5.41) is 9.11. The lowest BCUT2D eigenvalue weighted by molar-refractivity contribution is -0.00224. The summed E-state index contributed by atoms with van der Waals surface area (Å²) in [6, 6.07) is 2.49. The lowest BCUT2D eigenvalue weighted by atomic mass is 10.2. The molecule has 1 amide bonds. The molecule has 1 fully saturated rings. The summed E-state index contributed by atoms with van der Waals surface area (Å²) in [6.45, 7) is 5.49. The maximum absolute atomic E-state index is 14.8. The largest absolute Gasteiger partial charge is 0.444 e. The Balaban J connectivity index is 1.84. The van der Waals surface area contributed by atoms with Crippen molar-refractivity contribution in [3.8, 4) is 6.07 Å². The zero-order chi connectivity index (χ0) is 23.1. The lowest BCUT2D eigenvalue weighted by Gasteiger charge is -2.25. The first-order valence-corrected chi connectivity index (χ1v) is 10.5. The van der Waals surface area contributed by atoms with Crippen LogP contribution in [0.15, 0.2) is 11.1 Å². The SMILES string of the molecule is CCCCn1c(/N=C(/CC)OCOC(=O)N2CCOCC2)nc2c(F)cc(C#N)c(F)c21. The summed E-state index contributed by atoms with van der Waals surface area (Å²) >= 11 is 0. The number of imidazole rings is 1. The van der Waals surface area contributed by atoms with Crippen LogP contribution < -0.4 is 0 Å². The number of aromatic nitrogens is 2. The average molecular weight is 449 g/mol. The number of amides is 1. The van der Waals surface area contributed by atoms with Crippen molar-refractivity contribution < 1.29 is 27.8 Å². The zero-order valence-electron chi connectivity index (χ0n) is 18.1. The minimum atomic E-state index is -0.840. The van der Waals surface area contributed by atoms with Crippen molar-refractivity contribution in [2.75, 3.05) is 33.1 Å². The van der Waals surface area contributed by atoms with Crippen molar-refractivity contribution in [3.63, 3.8) is 0 Å². The Bertz CT molecular complexity index is 1040. The van der Waals surface area contributed by atoms with Gasteiger partial charge in [0.25, 0.3) is 0 Å². The fourth-order valence-electron chi connectivity index (χ4n) is 3.22. The number of benzene rings is 1. The predicted octanol–water partition coefficient (Wildman–Crippen LogP) is 3.87. The van der Waals surface area contributed by atoms with Crippen molar-refractivity contribution >= 4 is 29.0 Å². The topological polar surface area (TPSA) is 102 Å². The van der Waals surface area contributed by atoms with Crippen LogP contribution in [0.2, 0.25) is 0 Å². The smallest absolute Gasteiger partial charge is 0.412 e. The summed E-state index contributed by atoms with van der Waals surface area (Å²) in [6.07, 6.45) is 1.29. The number of morpholine rings is 1. The van der Waals surface area contributed by atoms with Gasteiger partial charge in [-0.15, -0.1) is 0 Å². The fraction of sp³-hybridized carbons (Fsp3) is 0.524. The fourth-order valence-corrected chi connectivity index (χ4v) is 3.22. The first-order chi connectivity index (χ1) is 15.5. The molecule has 2 aromatic rings. The molecule has 0 N–H and O–H groups in total. The molecule has 0 bridgehead atoms. The highest BCUT2D eigenvalue weighted by molar-refractivity contribution is 5.84. The molecule has 0 spiro atoms. The molecule has 1 aliphatic heterocycles. The number of nitriles is 1. The number of hydrogen-bond donors (Lipinski definition) is 0. The van der Waals surface area contributed by atoms with Crippen LogP contribution in [0.25, 0.3) is 11.0 Å². The minimum absolute atomic E-state index is 0.0534. The number of rotatable bonds is 7. The van der Waals surface area contributed by atoms with Crippen molar-refractivity contribution in [3.05, 3.63) is 23.3 Å². The second-order valence-electron chi connectivity index (χ2n) is 7.08. The second kappa shape index (κ2) is 10.9. The molecule has 1 saturated heterocycles. The molecule has 1 aromatic carbocycles. The van der Waals surface area contributed by atoms with Gasteiger partial charge in [0, 0.05) is 26.1 Å². The number of ether oxygens (including phenoxy) is 3. The Hall–Kier alpha value is -3.26. The zero-order valence-corrected chi connectivity index (χ0v) is 18.1. The van der Waals surface area contributed by atoms with E-state index < -0.39 is 23.3 Å². The Morgan fingerprint density at radius 2 is 2.06 bits per heavy atom. The molecular weight excluding hydrogens is 424 g/mol. The van der Waals surface area contributed by atoms with Crippen molar-refractivity contribution in [2.24, 2.45) is 4.99 Å². The summed E-state index contributed by atoms with van der Waals surface area (Å²) in [7, 11) is 0. The van der Waals surface area contributed by atoms with Gasteiger partial charge in [0.05, 0.1) is 18.8 Å². The van der Waals surface area contributed by atoms with Crippen molar-refractivity contribution in [1.29, 1.82) is 5.26 Å². The number of nitrogens with zero attached hydrogens (tertiary/aromatic N) is 5. The van der Waals surface area contributed by atoms with Gasteiger partial charge in [0.2, 0.25) is 12.7 Å². The highest BCUT2D eigenvalue weighted by Gasteiger charge is 2.22. The van der Waals surface area contributed by atoms with Gasteiger partial charge in [-0.3, -0.25) is 0 Å². The maximum atomic E-state index is 14.8. The number of halogens is 2. The van der Waals surface area contributed by atoms with E-state index in [1.165, 1.54) is 9.47 Å². The van der Waals surface area contributed by atoms with E-state index in [0.29, 0.717) is 45.7 Å². The number of hydrogen-bond acceptors (Lipinski definition) is 7. The summed E-state index contributed by atoms with van der Waals surface area (Å²) in [5.41, 5.74) is -0.710. The van der Waals surface area contributed by atoms with Gasteiger partial charge in [-0.05, 0) is 12.5 Å². The lowest BCUT2D eigenvalue weighted by Crippen LogP contribution is -2.41. The van der Waals surface area contributed by atoms with Crippen LogP contribution in [0, 0.1) is 23.0 Å². The van der Waals surface area contributed by atoms with E-state index >= 15 is 0 Å². The van der Waals surface area contributed by atoms with Gasteiger partial charge >= 0.3 is 6.09 Å². The van der Waals surface area contributed by atoms with Crippen molar-refractivity contribution in [1.82, 2.24) is 14.5 Å². The van der Waals surface area contributed by atoms with Gasteiger partial charge in [-0.25, -0.2) is 18.6 Å². The van der Waals surface area contributed by atoms with Gasteiger partial charge in [0.1, 0.15) is 17.1 Å². The molecule has 0 unspecified atom stereocenters. The first-order valence-electron chi connectivity index (χ1n) is 10.5. The molecule has 0 aliphatic carbocycles. The predicted molar refractivity (Wildman–Crippen MR) is 111 cm³/mol. The molecule has 11 heteroatoms. The molecular formula is C21H25F2N5O4. The van der Waals surface area contributed by atoms with E-state index in [0.717, 1.165) is 12.5 Å². The van der Waals surface area contributed by atoms with Crippen molar-refractivity contribution in [2.45, 2.75) is 39.7 Å². The highest BCUT2D eigenvalue weighted by atomic mass is 19.1. The number of carbonyl (C=O) groups is 1. The maximum Gasteiger partial charge on any atom is 0.412 e. The Kier molecular flexibility index (Phi) is 7.94. The summed E-state index contributed by atoms with van der Waals surface area (Å²) < 4.78 is 46.5. The van der Waals surface area contributed by atoms with E-state index in [2.05, 4.69) is 9.98 Å². The highest BCUT2D eigenvalue weighted by Crippen LogP contribution is 2.29. The second-order valence-corrected chi connectivity index (χ2v) is 7.08.